The number of carbonyl (C=O) groups excluding carboxylic acids is 2. The lowest BCUT2D eigenvalue weighted by Crippen LogP contribution is -2.27. The standard InChI is InChI=1S/C18H14ClNO2S/c1-11-4-3-5-15(10-11)20-17(21)16(23-18(20)22)12(2)13-6-8-14(19)9-7-13/h3-10H,1-2H3/b16-12-. The number of imide groups is 1. The number of nitrogens with zero attached hydrogens (tertiary/aromatic N) is 1. The Morgan fingerprint density at radius 2 is 1.78 bits per heavy atom. The van der Waals surface area contributed by atoms with Gasteiger partial charge in [-0.25, -0.2) is 4.90 Å². The zero-order valence-corrected chi connectivity index (χ0v) is 14.2. The zero-order chi connectivity index (χ0) is 16.6. The van der Waals surface area contributed by atoms with E-state index in [2.05, 4.69) is 0 Å². The van der Waals surface area contributed by atoms with Crippen LogP contribution in [0.25, 0.3) is 5.57 Å². The topological polar surface area (TPSA) is 37.4 Å². The first kappa shape index (κ1) is 15.8. The predicted octanol–water partition coefficient (Wildman–Crippen LogP) is 5.28. The maximum atomic E-state index is 12.7. The van der Waals surface area contributed by atoms with Crippen molar-refractivity contribution in [2.75, 3.05) is 4.90 Å². The molecule has 0 radical (unpaired) electrons. The molecule has 2 aromatic carbocycles. The third-order valence-electron chi connectivity index (χ3n) is 3.65. The van der Waals surface area contributed by atoms with E-state index >= 15 is 0 Å². The molecule has 0 N–H and O–H groups in total. The van der Waals surface area contributed by atoms with Crippen molar-refractivity contribution in [3.05, 3.63) is 69.6 Å². The summed E-state index contributed by atoms with van der Waals surface area (Å²) in [6.45, 7) is 3.77. The molecule has 0 bridgehead atoms. The van der Waals surface area contributed by atoms with Crippen molar-refractivity contribution in [3.8, 4) is 0 Å². The number of hydrogen-bond acceptors (Lipinski definition) is 3. The quantitative estimate of drug-likeness (QED) is 0.696. The second-order valence-corrected chi connectivity index (χ2v) is 6.71. The van der Waals surface area contributed by atoms with Crippen LogP contribution in [0.5, 0.6) is 0 Å². The van der Waals surface area contributed by atoms with Gasteiger partial charge < -0.3 is 0 Å². The van der Waals surface area contributed by atoms with Gasteiger partial charge in [0.25, 0.3) is 11.1 Å². The van der Waals surface area contributed by atoms with Crippen LogP contribution in [0.1, 0.15) is 18.1 Å². The summed E-state index contributed by atoms with van der Waals surface area (Å²) in [5.74, 6) is -0.280. The van der Waals surface area contributed by atoms with Crippen molar-refractivity contribution in [2.24, 2.45) is 0 Å². The highest BCUT2D eigenvalue weighted by Crippen LogP contribution is 2.39. The highest BCUT2D eigenvalue weighted by atomic mass is 35.5. The van der Waals surface area contributed by atoms with E-state index < -0.39 is 0 Å². The smallest absolute Gasteiger partial charge is 0.268 e. The minimum atomic E-state index is -0.280. The number of allylic oxidation sites excluding steroid dienone is 1. The van der Waals surface area contributed by atoms with Gasteiger partial charge in [0.05, 0.1) is 10.6 Å². The Balaban J connectivity index is 2.00. The van der Waals surface area contributed by atoms with Crippen LogP contribution in [0, 0.1) is 6.92 Å². The molecule has 3 rings (SSSR count). The van der Waals surface area contributed by atoms with Gasteiger partial charge in [-0.3, -0.25) is 9.59 Å². The highest BCUT2D eigenvalue weighted by molar-refractivity contribution is 8.19. The van der Waals surface area contributed by atoms with E-state index in [1.54, 1.807) is 18.2 Å². The molecular formula is C18H14ClNO2S. The van der Waals surface area contributed by atoms with E-state index in [0.717, 1.165) is 28.5 Å². The predicted molar refractivity (Wildman–Crippen MR) is 95.7 cm³/mol. The molecule has 0 spiro atoms. The molecule has 0 saturated carbocycles. The summed E-state index contributed by atoms with van der Waals surface area (Å²) < 4.78 is 0. The second-order valence-electron chi connectivity index (χ2n) is 5.31. The van der Waals surface area contributed by atoms with Crippen LogP contribution in [0.15, 0.2) is 53.4 Å². The largest absolute Gasteiger partial charge is 0.298 e. The van der Waals surface area contributed by atoms with E-state index in [1.807, 2.05) is 44.2 Å². The van der Waals surface area contributed by atoms with Gasteiger partial charge in [0.1, 0.15) is 0 Å². The molecule has 0 aromatic heterocycles. The van der Waals surface area contributed by atoms with Gasteiger partial charge in [-0.2, -0.15) is 0 Å². The van der Waals surface area contributed by atoms with Crippen LogP contribution in [-0.4, -0.2) is 11.1 Å². The Hall–Kier alpha value is -2.04. The molecule has 1 aliphatic heterocycles. The summed E-state index contributed by atoms with van der Waals surface area (Å²) in [6.07, 6.45) is 0. The Morgan fingerprint density at radius 3 is 2.43 bits per heavy atom. The normalized spacial score (nSPS) is 16.9. The first-order valence-corrected chi connectivity index (χ1v) is 8.26. The monoisotopic (exact) mass is 343 g/mol. The number of amides is 2. The Kier molecular flexibility index (Phi) is 4.28. The molecule has 0 aliphatic carbocycles. The van der Waals surface area contributed by atoms with Gasteiger partial charge >= 0.3 is 0 Å². The lowest BCUT2D eigenvalue weighted by Gasteiger charge is -2.13. The molecular weight excluding hydrogens is 330 g/mol. The molecule has 2 aromatic rings. The molecule has 1 heterocycles. The van der Waals surface area contributed by atoms with Crippen LogP contribution in [0.4, 0.5) is 10.5 Å². The lowest BCUT2D eigenvalue weighted by molar-refractivity contribution is -0.113. The fourth-order valence-electron chi connectivity index (χ4n) is 2.42. The van der Waals surface area contributed by atoms with E-state index in [-0.39, 0.29) is 11.1 Å². The summed E-state index contributed by atoms with van der Waals surface area (Å²) in [7, 11) is 0. The van der Waals surface area contributed by atoms with E-state index in [4.69, 9.17) is 11.6 Å². The fraction of sp³-hybridized carbons (Fsp3) is 0.111. The van der Waals surface area contributed by atoms with Crippen LogP contribution in [0.3, 0.4) is 0 Å². The molecule has 23 heavy (non-hydrogen) atoms. The summed E-state index contributed by atoms with van der Waals surface area (Å²) in [6, 6.07) is 14.6. The van der Waals surface area contributed by atoms with E-state index in [0.29, 0.717) is 15.6 Å². The zero-order valence-electron chi connectivity index (χ0n) is 12.7. The van der Waals surface area contributed by atoms with Gasteiger partial charge in [0.2, 0.25) is 0 Å². The summed E-state index contributed by atoms with van der Waals surface area (Å²) in [5.41, 5.74) is 3.26. The first-order chi connectivity index (χ1) is 11.0. The Labute approximate surface area is 143 Å². The van der Waals surface area contributed by atoms with Gasteiger partial charge in [-0.05, 0) is 66.6 Å². The number of anilines is 1. The van der Waals surface area contributed by atoms with Crippen molar-refractivity contribution < 1.29 is 9.59 Å². The molecule has 3 nitrogen and oxygen atoms in total. The molecule has 2 amide bonds. The van der Waals surface area contributed by atoms with Crippen molar-refractivity contribution in [3.63, 3.8) is 0 Å². The molecule has 1 saturated heterocycles. The number of thioether (sulfide) groups is 1. The van der Waals surface area contributed by atoms with Crippen LogP contribution < -0.4 is 4.90 Å². The van der Waals surface area contributed by atoms with Crippen LogP contribution in [0.2, 0.25) is 5.02 Å². The van der Waals surface area contributed by atoms with Gasteiger partial charge in [-0.15, -0.1) is 0 Å². The maximum Gasteiger partial charge on any atom is 0.298 e. The van der Waals surface area contributed by atoms with Crippen molar-refractivity contribution >= 4 is 45.8 Å². The van der Waals surface area contributed by atoms with Crippen LogP contribution in [-0.2, 0) is 4.79 Å². The van der Waals surface area contributed by atoms with Gasteiger partial charge in [0, 0.05) is 5.02 Å². The summed E-state index contributed by atoms with van der Waals surface area (Å²) in [4.78, 5) is 26.7. The van der Waals surface area contributed by atoms with E-state index in [1.165, 1.54) is 4.90 Å². The summed E-state index contributed by atoms with van der Waals surface area (Å²) in [5, 5.41) is 0.360. The number of aryl methyl sites for hydroxylation is 1. The second kappa shape index (κ2) is 6.22. The van der Waals surface area contributed by atoms with Crippen LogP contribution >= 0.6 is 23.4 Å². The third-order valence-corrected chi connectivity index (χ3v) is 4.94. The van der Waals surface area contributed by atoms with Crippen molar-refractivity contribution in [1.82, 2.24) is 0 Å². The lowest BCUT2D eigenvalue weighted by atomic mass is 10.1. The van der Waals surface area contributed by atoms with Crippen molar-refractivity contribution in [1.29, 1.82) is 0 Å². The average molecular weight is 344 g/mol. The Bertz CT molecular complexity index is 827. The van der Waals surface area contributed by atoms with Gasteiger partial charge in [0.15, 0.2) is 0 Å². The number of rotatable bonds is 2. The fourth-order valence-corrected chi connectivity index (χ4v) is 3.45. The number of carbonyl (C=O) groups is 2. The molecule has 0 atom stereocenters. The molecule has 1 aliphatic rings. The molecule has 0 unspecified atom stereocenters. The number of halogens is 1. The maximum absolute atomic E-state index is 12.7. The molecule has 1 fully saturated rings. The minimum absolute atomic E-state index is 0.274. The minimum Gasteiger partial charge on any atom is -0.268 e. The Morgan fingerprint density at radius 1 is 1.09 bits per heavy atom. The van der Waals surface area contributed by atoms with E-state index in [9.17, 15) is 9.59 Å². The molecule has 116 valence electrons. The van der Waals surface area contributed by atoms with Gasteiger partial charge in [-0.1, -0.05) is 35.9 Å². The summed E-state index contributed by atoms with van der Waals surface area (Å²) >= 11 is 6.87. The number of hydrogen-bond donors (Lipinski definition) is 0. The first-order valence-electron chi connectivity index (χ1n) is 7.07. The average Bonchev–Trinajstić information content (AvgIpc) is 2.82. The third kappa shape index (κ3) is 3.05. The molecule has 5 heteroatoms. The van der Waals surface area contributed by atoms with Crippen molar-refractivity contribution in [2.45, 2.75) is 13.8 Å². The number of benzene rings is 2. The SMILES string of the molecule is C/C(=C1/SC(=O)N(c2cccc(C)c2)C1=O)c1ccc(Cl)cc1. The highest BCUT2D eigenvalue weighted by Gasteiger charge is 2.37.